The monoisotopic (exact) mass is 463 g/mol. The van der Waals surface area contributed by atoms with Crippen molar-refractivity contribution in [3.63, 3.8) is 0 Å². The maximum absolute atomic E-state index is 13.0. The maximum Gasteiger partial charge on any atom is 0.283 e. The number of para-hydroxylation sites is 1. The molecule has 0 atom stereocenters. The van der Waals surface area contributed by atoms with Crippen LogP contribution in [0.3, 0.4) is 0 Å². The Bertz CT molecular complexity index is 1270. The van der Waals surface area contributed by atoms with Crippen molar-refractivity contribution < 1.29 is 18.8 Å². The van der Waals surface area contributed by atoms with Gasteiger partial charge in [-0.25, -0.2) is 9.29 Å². The van der Waals surface area contributed by atoms with Crippen molar-refractivity contribution in [2.75, 3.05) is 15.5 Å². The number of anilines is 3. The van der Waals surface area contributed by atoms with Gasteiger partial charge in [0.15, 0.2) is 0 Å². The molecule has 2 N–H and O–H groups in total. The zero-order chi connectivity index (χ0) is 23.5. The second kappa shape index (κ2) is 9.26. The van der Waals surface area contributed by atoms with Crippen LogP contribution in [0.5, 0.6) is 0 Å². The van der Waals surface area contributed by atoms with Crippen LogP contribution in [0.4, 0.5) is 21.5 Å². The van der Waals surface area contributed by atoms with Gasteiger partial charge in [0.1, 0.15) is 16.5 Å². The second-order valence-corrected chi connectivity index (χ2v) is 7.66. The molecule has 0 bridgehead atoms. The third kappa shape index (κ3) is 4.49. The lowest BCUT2D eigenvalue weighted by Crippen LogP contribution is -2.33. The third-order valence-electron chi connectivity index (χ3n) is 5.16. The van der Waals surface area contributed by atoms with Gasteiger partial charge < -0.3 is 10.6 Å². The number of carbonyl (C=O) groups excluding carboxylic acids is 3. The number of halogens is 2. The van der Waals surface area contributed by atoms with Crippen molar-refractivity contribution in [2.24, 2.45) is 0 Å². The number of amides is 3. The predicted molar refractivity (Wildman–Crippen MR) is 126 cm³/mol. The molecule has 33 heavy (non-hydrogen) atoms. The minimum atomic E-state index is -0.597. The molecule has 3 aromatic rings. The molecule has 0 saturated heterocycles. The molecule has 0 spiro atoms. The summed E-state index contributed by atoms with van der Waals surface area (Å²) in [6.07, 6.45) is 0.648. The first kappa shape index (κ1) is 22.2. The average Bonchev–Trinajstić information content (AvgIpc) is 3.04. The Labute approximate surface area is 194 Å². The van der Waals surface area contributed by atoms with E-state index in [-0.39, 0.29) is 16.6 Å². The highest BCUT2D eigenvalue weighted by Gasteiger charge is 2.39. The van der Waals surface area contributed by atoms with Gasteiger partial charge in [-0.2, -0.15) is 0 Å². The van der Waals surface area contributed by atoms with Gasteiger partial charge in [-0.05, 0) is 66.6 Å². The maximum atomic E-state index is 13.0. The number of benzene rings is 3. The Morgan fingerprint density at radius 1 is 0.909 bits per heavy atom. The zero-order valence-electron chi connectivity index (χ0n) is 17.6. The summed E-state index contributed by atoms with van der Waals surface area (Å²) in [5.41, 5.74) is 2.61. The molecule has 0 aliphatic carbocycles. The molecule has 1 aliphatic heterocycles. The Kier molecular flexibility index (Phi) is 6.24. The zero-order valence-corrected chi connectivity index (χ0v) is 18.3. The Morgan fingerprint density at radius 2 is 1.55 bits per heavy atom. The summed E-state index contributed by atoms with van der Waals surface area (Å²) < 4.78 is 13.0. The molecule has 1 heterocycles. The van der Waals surface area contributed by atoms with Gasteiger partial charge in [0.2, 0.25) is 0 Å². The Hall–Kier alpha value is -3.97. The Balaban J connectivity index is 1.49. The molecule has 166 valence electrons. The molecule has 3 aromatic carbocycles. The van der Waals surface area contributed by atoms with Gasteiger partial charge in [0.25, 0.3) is 17.7 Å². The van der Waals surface area contributed by atoms with Gasteiger partial charge in [0.05, 0.1) is 5.69 Å². The largest absolute Gasteiger partial charge is 0.350 e. The molecular weight excluding hydrogens is 445 g/mol. The fourth-order valence-corrected chi connectivity index (χ4v) is 3.66. The smallest absolute Gasteiger partial charge is 0.283 e. The predicted octanol–water partition coefficient (Wildman–Crippen LogP) is 5.08. The molecule has 0 unspecified atom stereocenters. The fourth-order valence-electron chi connectivity index (χ4n) is 3.44. The third-order valence-corrected chi connectivity index (χ3v) is 5.51. The van der Waals surface area contributed by atoms with Crippen LogP contribution in [0.25, 0.3) is 0 Å². The summed E-state index contributed by atoms with van der Waals surface area (Å²) in [5, 5.41) is 5.36. The van der Waals surface area contributed by atoms with Crippen LogP contribution in [0.2, 0.25) is 0 Å². The van der Waals surface area contributed by atoms with Crippen molar-refractivity contribution in [3.05, 3.63) is 100 Å². The lowest BCUT2D eigenvalue weighted by atomic mass is 10.1. The molecular formula is C25H19ClFN3O3. The number of hydrogen-bond acceptors (Lipinski definition) is 4. The lowest BCUT2D eigenvalue weighted by molar-refractivity contribution is -0.120. The van der Waals surface area contributed by atoms with E-state index in [1.165, 1.54) is 24.3 Å². The van der Waals surface area contributed by atoms with Gasteiger partial charge in [0, 0.05) is 16.9 Å². The minimum Gasteiger partial charge on any atom is -0.350 e. The Morgan fingerprint density at radius 3 is 2.21 bits per heavy atom. The average molecular weight is 464 g/mol. The van der Waals surface area contributed by atoms with Crippen molar-refractivity contribution in [3.8, 4) is 0 Å². The number of nitrogens with one attached hydrogen (secondary N) is 2. The van der Waals surface area contributed by atoms with Crippen molar-refractivity contribution in [1.29, 1.82) is 0 Å². The highest BCUT2D eigenvalue weighted by atomic mass is 35.5. The summed E-state index contributed by atoms with van der Waals surface area (Å²) in [4.78, 5) is 39.2. The van der Waals surface area contributed by atoms with E-state index in [9.17, 15) is 18.8 Å². The van der Waals surface area contributed by atoms with Crippen molar-refractivity contribution in [1.82, 2.24) is 0 Å². The number of nitrogens with zero attached hydrogens (tertiary/aromatic N) is 1. The van der Waals surface area contributed by atoms with Crippen LogP contribution in [0.1, 0.15) is 22.8 Å². The van der Waals surface area contributed by atoms with Gasteiger partial charge >= 0.3 is 0 Å². The van der Waals surface area contributed by atoms with E-state index in [1.54, 1.807) is 36.4 Å². The van der Waals surface area contributed by atoms with E-state index in [0.717, 1.165) is 10.5 Å². The van der Waals surface area contributed by atoms with E-state index in [2.05, 4.69) is 10.6 Å². The molecule has 3 amide bonds. The SMILES string of the molecule is CCc1ccccc1N1C(=O)C(Cl)=C(Nc2ccc(C(=O)Nc3ccc(F)cc3)cc2)C1=O. The number of carbonyl (C=O) groups is 3. The minimum absolute atomic E-state index is 0.0314. The molecule has 0 fully saturated rings. The van der Waals surface area contributed by atoms with Gasteiger partial charge in [-0.3, -0.25) is 14.4 Å². The molecule has 0 saturated carbocycles. The van der Waals surface area contributed by atoms with Crippen LogP contribution < -0.4 is 15.5 Å². The number of aryl methyl sites for hydroxylation is 1. The second-order valence-electron chi connectivity index (χ2n) is 7.28. The van der Waals surface area contributed by atoms with Gasteiger partial charge in [-0.1, -0.05) is 36.7 Å². The molecule has 6 nitrogen and oxygen atoms in total. The first-order valence-electron chi connectivity index (χ1n) is 10.2. The summed E-state index contributed by atoms with van der Waals surface area (Å²) in [7, 11) is 0. The van der Waals surface area contributed by atoms with Crippen LogP contribution in [-0.4, -0.2) is 17.7 Å². The molecule has 8 heteroatoms. The van der Waals surface area contributed by atoms with Crippen molar-refractivity contribution in [2.45, 2.75) is 13.3 Å². The highest BCUT2D eigenvalue weighted by molar-refractivity contribution is 6.53. The number of hydrogen-bond donors (Lipinski definition) is 2. The number of imide groups is 1. The summed E-state index contributed by atoms with van der Waals surface area (Å²) >= 11 is 6.21. The first-order valence-corrected chi connectivity index (χ1v) is 10.6. The first-order chi connectivity index (χ1) is 15.9. The van der Waals surface area contributed by atoms with E-state index in [0.29, 0.717) is 29.0 Å². The molecule has 4 rings (SSSR count). The van der Waals surface area contributed by atoms with Crippen LogP contribution in [0.15, 0.2) is 83.5 Å². The van der Waals surface area contributed by atoms with Crippen LogP contribution in [0, 0.1) is 5.82 Å². The fraction of sp³-hybridized carbons (Fsp3) is 0.0800. The number of rotatable bonds is 6. The highest BCUT2D eigenvalue weighted by Crippen LogP contribution is 2.32. The van der Waals surface area contributed by atoms with E-state index < -0.39 is 17.6 Å². The normalized spacial score (nSPS) is 13.5. The summed E-state index contributed by atoms with van der Waals surface area (Å²) in [6.45, 7) is 1.94. The topological polar surface area (TPSA) is 78.5 Å². The summed E-state index contributed by atoms with van der Waals surface area (Å²) in [6, 6.07) is 18.9. The van der Waals surface area contributed by atoms with E-state index in [1.807, 2.05) is 19.1 Å². The molecule has 0 radical (unpaired) electrons. The molecule has 0 aromatic heterocycles. The summed E-state index contributed by atoms with van der Waals surface area (Å²) in [5.74, 6) is -1.92. The van der Waals surface area contributed by atoms with Crippen LogP contribution in [-0.2, 0) is 16.0 Å². The quantitative estimate of drug-likeness (QED) is 0.500. The van der Waals surface area contributed by atoms with Crippen molar-refractivity contribution >= 4 is 46.4 Å². The lowest BCUT2D eigenvalue weighted by Gasteiger charge is -2.18. The van der Waals surface area contributed by atoms with E-state index in [4.69, 9.17) is 11.6 Å². The molecule has 1 aliphatic rings. The van der Waals surface area contributed by atoms with Gasteiger partial charge in [-0.15, -0.1) is 0 Å². The standard InChI is InChI=1S/C25H19ClFN3O3/c1-2-15-5-3-4-6-20(15)30-24(32)21(26)22(25(30)33)28-18-11-7-16(8-12-18)23(31)29-19-13-9-17(27)10-14-19/h3-14,28H,2H2,1H3,(H,29,31). The van der Waals surface area contributed by atoms with Crippen LogP contribution >= 0.6 is 11.6 Å². The van der Waals surface area contributed by atoms with E-state index >= 15 is 0 Å².